The molecule has 2 heteroatoms. The molecule has 0 amide bonds. The topological polar surface area (TPSA) is 20.2 Å². The van der Waals surface area contributed by atoms with Crippen LogP contribution in [0.2, 0.25) is 0 Å². The van der Waals surface area contributed by atoms with Gasteiger partial charge in [0, 0.05) is 15.6 Å². The zero-order chi connectivity index (χ0) is 17.9. The Bertz CT molecular complexity index is 962. The number of hydrogen-bond donors (Lipinski definition) is 1. The number of phenols is 1. The molecule has 0 heterocycles. The van der Waals surface area contributed by atoms with Gasteiger partial charge in [-0.05, 0) is 46.5 Å². The first-order chi connectivity index (χ1) is 12.7. The van der Waals surface area contributed by atoms with Crippen LogP contribution in [0.1, 0.15) is 0 Å². The van der Waals surface area contributed by atoms with Gasteiger partial charge in [0.15, 0.2) is 0 Å². The van der Waals surface area contributed by atoms with E-state index < -0.39 is 0 Å². The van der Waals surface area contributed by atoms with E-state index in [-0.39, 0.29) is 0 Å². The van der Waals surface area contributed by atoms with Crippen LogP contribution in [-0.2, 0) is 0 Å². The first kappa shape index (κ1) is 16.6. The summed E-state index contributed by atoms with van der Waals surface area (Å²) >= 11 is 3.49. The van der Waals surface area contributed by atoms with Gasteiger partial charge in [0.05, 0.1) is 0 Å². The molecule has 4 aromatic rings. The van der Waals surface area contributed by atoms with Crippen LogP contribution in [0.4, 0.5) is 0 Å². The number of phenolic OH excluding ortho intramolecular Hbond substituents is 1. The van der Waals surface area contributed by atoms with E-state index in [4.69, 9.17) is 0 Å². The van der Waals surface area contributed by atoms with Crippen LogP contribution in [0.15, 0.2) is 102 Å². The number of hydrogen-bond acceptors (Lipinski definition) is 1. The van der Waals surface area contributed by atoms with Crippen molar-refractivity contribution in [1.82, 2.24) is 0 Å². The molecule has 0 bridgehead atoms. The van der Waals surface area contributed by atoms with E-state index in [1.165, 1.54) is 0 Å². The average Bonchev–Trinajstić information content (AvgIpc) is 2.70. The highest BCUT2D eigenvalue weighted by Gasteiger charge is 2.14. The molecule has 0 radical (unpaired) electrons. The second-order valence-electron chi connectivity index (χ2n) is 6.16. The van der Waals surface area contributed by atoms with E-state index in [9.17, 15) is 5.11 Å². The summed E-state index contributed by atoms with van der Waals surface area (Å²) in [6.45, 7) is 0. The Morgan fingerprint density at radius 1 is 0.500 bits per heavy atom. The highest BCUT2D eigenvalue weighted by Crippen LogP contribution is 2.41. The SMILES string of the molecule is Oc1c(-c2ccccc2)cc(-c2ccc(Br)cc2)cc1-c1ccccc1. The Kier molecular flexibility index (Phi) is 4.59. The third-order valence-electron chi connectivity index (χ3n) is 4.46. The predicted molar refractivity (Wildman–Crippen MR) is 112 cm³/mol. The summed E-state index contributed by atoms with van der Waals surface area (Å²) in [4.78, 5) is 0. The second kappa shape index (κ2) is 7.19. The summed E-state index contributed by atoms with van der Waals surface area (Å²) in [6, 6.07) is 32.4. The molecular weight excluding hydrogens is 384 g/mol. The van der Waals surface area contributed by atoms with Crippen LogP contribution in [0.5, 0.6) is 5.75 Å². The van der Waals surface area contributed by atoms with Gasteiger partial charge >= 0.3 is 0 Å². The minimum Gasteiger partial charge on any atom is -0.507 e. The number of aromatic hydroxyl groups is 1. The third-order valence-corrected chi connectivity index (χ3v) is 4.99. The monoisotopic (exact) mass is 400 g/mol. The highest BCUT2D eigenvalue weighted by molar-refractivity contribution is 9.10. The van der Waals surface area contributed by atoms with Gasteiger partial charge in [0.2, 0.25) is 0 Å². The van der Waals surface area contributed by atoms with Crippen LogP contribution < -0.4 is 0 Å². The summed E-state index contributed by atoms with van der Waals surface area (Å²) in [5.74, 6) is 0.309. The van der Waals surface area contributed by atoms with Crippen molar-refractivity contribution < 1.29 is 5.11 Å². The maximum atomic E-state index is 11.0. The van der Waals surface area contributed by atoms with Gasteiger partial charge in [-0.1, -0.05) is 88.7 Å². The van der Waals surface area contributed by atoms with E-state index in [2.05, 4.69) is 40.2 Å². The summed E-state index contributed by atoms with van der Waals surface area (Å²) in [7, 11) is 0. The van der Waals surface area contributed by atoms with Gasteiger partial charge in [-0.25, -0.2) is 0 Å². The van der Waals surface area contributed by atoms with Crippen molar-refractivity contribution in [2.45, 2.75) is 0 Å². The fraction of sp³-hybridized carbons (Fsp3) is 0. The molecule has 1 nitrogen and oxygen atoms in total. The zero-order valence-corrected chi connectivity index (χ0v) is 15.6. The lowest BCUT2D eigenvalue weighted by atomic mass is 9.92. The van der Waals surface area contributed by atoms with Gasteiger partial charge in [-0.2, -0.15) is 0 Å². The largest absolute Gasteiger partial charge is 0.507 e. The van der Waals surface area contributed by atoms with E-state index in [0.29, 0.717) is 5.75 Å². The van der Waals surface area contributed by atoms with Crippen LogP contribution in [-0.4, -0.2) is 5.11 Å². The minimum absolute atomic E-state index is 0.309. The lowest BCUT2D eigenvalue weighted by molar-refractivity contribution is 0.479. The fourth-order valence-electron chi connectivity index (χ4n) is 3.12. The molecule has 0 aliphatic carbocycles. The maximum Gasteiger partial charge on any atom is 0.131 e. The molecule has 0 spiro atoms. The molecule has 0 aliphatic heterocycles. The Balaban J connectivity index is 1.97. The molecule has 0 atom stereocenters. The van der Waals surface area contributed by atoms with Crippen LogP contribution in [0, 0.1) is 0 Å². The Morgan fingerprint density at radius 3 is 1.42 bits per heavy atom. The summed E-state index contributed by atoms with van der Waals surface area (Å²) < 4.78 is 1.05. The van der Waals surface area contributed by atoms with Gasteiger partial charge in [-0.3, -0.25) is 0 Å². The first-order valence-corrected chi connectivity index (χ1v) is 9.25. The third kappa shape index (κ3) is 3.29. The molecule has 0 unspecified atom stereocenters. The Morgan fingerprint density at radius 2 is 0.962 bits per heavy atom. The van der Waals surface area contributed by atoms with Crippen molar-refractivity contribution in [3.05, 3.63) is 102 Å². The average molecular weight is 401 g/mol. The molecule has 0 aliphatic rings. The standard InChI is InChI=1S/C24H17BrO/c25-21-13-11-17(12-14-21)20-15-22(18-7-3-1-4-8-18)24(26)23(16-20)19-9-5-2-6-10-19/h1-16,26H. The van der Waals surface area contributed by atoms with Gasteiger partial charge in [0.1, 0.15) is 5.75 Å². The molecule has 26 heavy (non-hydrogen) atoms. The summed E-state index contributed by atoms with van der Waals surface area (Å²) in [5, 5.41) is 11.0. The lowest BCUT2D eigenvalue weighted by Gasteiger charge is -2.14. The Labute approximate surface area is 161 Å². The van der Waals surface area contributed by atoms with E-state index in [1.54, 1.807) is 0 Å². The smallest absolute Gasteiger partial charge is 0.131 e. The Hall–Kier alpha value is -2.84. The molecule has 0 saturated heterocycles. The van der Waals surface area contributed by atoms with Gasteiger partial charge < -0.3 is 5.11 Å². The second-order valence-corrected chi connectivity index (χ2v) is 7.07. The summed E-state index contributed by atoms with van der Waals surface area (Å²) in [5.41, 5.74) is 5.87. The van der Waals surface area contributed by atoms with E-state index >= 15 is 0 Å². The zero-order valence-electron chi connectivity index (χ0n) is 14.1. The van der Waals surface area contributed by atoms with Crippen molar-refractivity contribution in [2.24, 2.45) is 0 Å². The maximum absolute atomic E-state index is 11.0. The molecule has 1 N–H and O–H groups in total. The molecule has 0 aromatic heterocycles. The summed E-state index contributed by atoms with van der Waals surface area (Å²) in [6.07, 6.45) is 0. The van der Waals surface area contributed by atoms with Crippen LogP contribution in [0.3, 0.4) is 0 Å². The van der Waals surface area contributed by atoms with Crippen molar-refractivity contribution >= 4 is 15.9 Å². The number of rotatable bonds is 3. The molecular formula is C24H17BrO. The molecule has 126 valence electrons. The van der Waals surface area contributed by atoms with Crippen molar-refractivity contribution in [3.8, 4) is 39.1 Å². The fourth-order valence-corrected chi connectivity index (χ4v) is 3.38. The molecule has 0 fully saturated rings. The van der Waals surface area contributed by atoms with Gasteiger partial charge in [-0.15, -0.1) is 0 Å². The quantitative estimate of drug-likeness (QED) is 0.386. The van der Waals surface area contributed by atoms with Crippen molar-refractivity contribution in [1.29, 1.82) is 0 Å². The molecule has 4 rings (SSSR count). The highest BCUT2D eigenvalue weighted by atomic mass is 79.9. The molecule has 4 aromatic carbocycles. The van der Waals surface area contributed by atoms with Crippen LogP contribution >= 0.6 is 15.9 Å². The predicted octanol–water partition coefficient (Wildman–Crippen LogP) is 7.16. The number of halogens is 1. The van der Waals surface area contributed by atoms with Crippen LogP contribution in [0.25, 0.3) is 33.4 Å². The van der Waals surface area contributed by atoms with E-state index in [0.717, 1.165) is 37.9 Å². The lowest BCUT2D eigenvalue weighted by Crippen LogP contribution is -1.88. The van der Waals surface area contributed by atoms with Crippen molar-refractivity contribution in [3.63, 3.8) is 0 Å². The number of benzene rings is 4. The molecule has 0 saturated carbocycles. The van der Waals surface area contributed by atoms with Crippen molar-refractivity contribution in [2.75, 3.05) is 0 Å². The van der Waals surface area contributed by atoms with E-state index in [1.807, 2.05) is 72.8 Å². The minimum atomic E-state index is 0.309. The van der Waals surface area contributed by atoms with Gasteiger partial charge in [0.25, 0.3) is 0 Å². The first-order valence-electron chi connectivity index (χ1n) is 8.46. The normalized spacial score (nSPS) is 10.7.